The third kappa shape index (κ3) is 5.90. The van der Waals surface area contributed by atoms with Gasteiger partial charge in [0.2, 0.25) is 5.95 Å². The first-order chi connectivity index (χ1) is 13.2. The van der Waals surface area contributed by atoms with Crippen LogP contribution in [0.5, 0.6) is 0 Å². The molecule has 0 bridgehead atoms. The minimum atomic E-state index is 0.529. The second kappa shape index (κ2) is 10.0. The minimum Gasteiger partial charge on any atom is -0.383 e. The van der Waals surface area contributed by atoms with Crippen molar-refractivity contribution in [2.24, 2.45) is 5.92 Å². The van der Waals surface area contributed by atoms with Gasteiger partial charge in [-0.05, 0) is 50.2 Å². The van der Waals surface area contributed by atoms with Crippen LogP contribution in [0.3, 0.4) is 0 Å². The number of ether oxygens (including phenoxy) is 1. The van der Waals surface area contributed by atoms with Gasteiger partial charge in [0.15, 0.2) is 5.11 Å². The Balaban J connectivity index is 1.78. The third-order valence-corrected chi connectivity index (χ3v) is 5.42. The van der Waals surface area contributed by atoms with Gasteiger partial charge in [0.1, 0.15) is 11.6 Å². The van der Waals surface area contributed by atoms with E-state index in [-0.39, 0.29) is 0 Å². The lowest BCUT2D eigenvalue weighted by molar-refractivity contribution is 0.204. The lowest BCUT2D eigenvalue weighted by Gasteiger charge is -2.33. The molecule has 2 N–H and O–H groups in total. The van der Waals surface area contributed by atoms with Crippen LogP contribution in [0.25, 0.3) is 0 Å². The summed E-state index contributed by atoms with van der Waals surface area (Å²) in [6.45, 7) is 7.79. The smallest absolute Gasteiger partial charge is 0.232 e. The maximum atomic E-state index is 5.38. The number of methoxy groups -OCH3 is 1. The first-order valence-corrected chi connectivity index (χ1v) is 10.5. The van der Waals surface area contributed by atoms with Crippen molar-refractivity contribution in [2.45, 2.75) is 39.0 Å². The van der Waals surface area contributed by atoms with Crippen molar-refractivity contribution in [1.82, 2.24) is 15.3 Å². The summed E-state index contributed by atoms with van der Waals surface area (Å²) in [6, 6.07) is 2.15. The van der Waals surface area contributed by atoms with Crippen molar-refractivity contribution in [3.8, 4) is 0 Å². The SMILES string of the molecule is COCCNC(=S)Nc1nc(N2CCCCC2)cc(N2CCCC(C)C2)n1. The number of nitrogens with one attached hydrogen (secondary N) is 2. The van der Waals surface area contributed by atoms with Crippen LogP contribution in [0.1, 0.15) is 39.0 Å². The van der Waals surface area contributed by atoms with Gasteiger partial charge in [-0.25, -0.2) is 0 Å². The summed E-state index contributed by atoms with van der Waals surface area (Å²) in [5.41, 5.74) is 0. The Morgan fingerprint density at radius 2 is 1.85 bits per heavy atom. The van der Waals surface area contributed by atoms with Gasteiger partial charge in [-0.1, -0.05) is 6.92 Å². The van der Waals surface area contributed by atoms with Gasteiger partial charge in [0, 0.05) is 45.9 Å². The van der Waals surface area contributed by atoms with Gasteiger partial charge in [-0.15, -0.1) is 0 Å². The number of nitrogens with zero attached hydrogens (tertiary/aromatic N) is 4. The van der Waals surface area contributed by atoms with Crippen molar-refractivity contribution in [1.29, 1.82) is 0 Å². The fourth-order valence-corrected chi connectivity index (χ4v) is 3.93. The average molecular weight is 393 g/mol. The van der Waals surface area contributed by atoms with Gasteiger partial charge in [-0.3, -0.25) is 0 Å². The Labute approximate surface area is 167 Å². The summed E-state index contributed by atoms with van der Waals surface area (Å²) >= 11 is 5.38. The molecule has 0 spiro atoms. The van der Waals surface area contributed by atoms with E-state index in [1.807, 2.05) is 0 Å². The molecule has 2 fully saturated rings. The largest absolute Gasteiger partial charge is 0.383 e. The standard InChI is InChI=1S/C19H32N6OS/c1-15-7-6-11-25(14-15)17-13-16(24-9-4-3-5-10-24)21-18(22-17)23-19(27)20-8-12-26-2/h13,15H,3-12,14H2,1-2H3,(H2,20,21,22,23,27). The summed E-state index contributed by atoms with van der Waals surface area (Å²) in [7, 11) is 1.68. The maximum absolute atomic E-state index is 5.38. The molecule has 150 valence electrons. The van der Waals surface area contributed by atoms with E-state index in [4.69, 9.17) is 26.9 Å². The highest BCUT2D eigenvalue weighted by Crippen LogP contribution is 2.27. The molecule has 1 aromatic heterocycles. The van der Waals surface area contributed by atoms with Crippen LogP contribution in [-0.4, -0.2) is 61.5 Å². The monoisotopic (exact) mass is 392 g/mol. The van der Waals surface area contributed by atoms with Crippen LogP contribution in [0.4, 0.5) is 17.6 Å². The molecule has 1 aromatic rings. The van der Waals surface area contributed by atoms with E-state index in [2.05, 4.69) is 33.4 Å². The van der Waals surface area contributed by atoms with Crippen LogP contribution >= 0.6 is 12.2 Å². The summed E-state index contributed by atoms with van der Waals surface area (Å²) in [6.07, 6.45) is 6.25. The molecule has 8 heteroatoms. The highest BCUT2D eigenvalue weighted by atomic mass is 32.1. The van der Waals surface area contributed by atoms with E-state index < -0.39 is 0 Å². The van der Waals surface area contributed by atoms with E-state index in [0.29, 0.717) is 30.1 Å². The molecule has 2 aliphatic heterocycles. The van der Waals surface area contributed by atoms with Gasteiger partial charge in [0.05, 0.1) is 6.61 Å². The number of thiocarbonyl (C=S) groups is 1. The summed E-state index contributed by atoms with van der Waals surface area (Å²) in [5.74, 6) is 3.26. The van der Waals surface area contributed by atoms with Crippen LogP contribution in [0, 0.1) is 5.92 Å². The zero-order valence-corrected chi connectivity index (χ0v) is 17.4. The quantitative estimate of drug-likeness (QED) is 0.566. The van der Waals surface area contributed by atoms with Crippen molar-refractivity contribution in [2.75, 3.05) is 61.6 Å². The van der Waals surface area contributed by atoms with E-state index in [1.165, 1.54) is 32.1 Å². The molecule has 0 aromatic carbocycles. The lowest BCUT2D eigenvalue weighted by Crippen LogP contribution is -2.36. The molecule has 1 atom stereocenters. The van der Waals surface area contributed by atoms with Crippen molar-refractivity contribution in [3.05, 3.63) is 6.07 Å². The molecule has 2 aliphatic rings. The Kier molecular flexibility index (Phi) is 7.46. The number of anilines is 3. The van der Waals surface area contributed by atoms with Crippen molar-refractivity contribution in [3.63, 3.8) is 0 Å². The predicted octanol–water partition coefficient (Wildman–Crippen LogP) is 2.64. The molecule has 0 saturated carbocycles. The Hall–Kier alpha value is -1.67. The first-order valence-electron chi connectivity index (χ1n) is 10.1. The first kappa shape index (κ1) is 20.1. The number of rotatable bonds is 6. The van der Waals surface area contributed by atoms with Crippen LogP contribution in [0.15, 0.2) is 6.07 Å². The number of hydrogen-bond acceptors (Lipinski definition) is 6. The summed E-state index contributed by atoms with van der Waals surface area (Å²) in [4.78, 5) is 14.3. The summed E-state index contributed by atoms with van der Waals surface area (Å²) < 4.78 is 5.05. The molecule has 1 unspecified atom stereocenters. The average Bonchev–Trinajstić information content (AvgIpc) is 2.68. The fraction of sp³-hybridized carbons (Fsp3) is 0.737. The Morgan fingerprint density at radius 3 is 2.56 bits per heavy atom. The van der Waals surface area contributed by atoms with E-state index in [0.717, 1.165) is 37.8 Å². The van der Waals surface area contributed by atoms with Crippen molar-refractivity contribution >= 4 is 34.9 Å². The van der Waals surface area contributed by atoms with Gasteiger partial charge in [-0.2, -0.15) is 9.97 Å². The van der Waals surface area contributed by atoms with Gasteiger partial charge >= 0.3 is 0 Å². The van der Waals surface area contributed by atoms with Gasteiger partial charge in [0.25, 0.3) is 0 Å². The number of hydrogen-bond donors (Lipinski definition) is 2. The number of piperidine rings is 2. The zero-order chi connectivity index (χ0) is 19.1. The van der Waals surface area contributed by atoms with E-state index in [1.54, 1.807) is 7.11 Å². The minimum absolute atomic E-state index is 0.529. The van der Waals surface area contributed by atoms with Gasteiger partial charge < -0.3 is 25.2 Å². The molecule has 2 saturated heterocycles. The van der Waals surface area contributed by atoms with Crippen molar-refractivity contribution < 1.29 is 4.74 Å². The number of aromatic nitrogens is 2. The lowest BCUT2D eigenvalue weighted by atomic mass is 10.0. The topological polar surface area (TPSA) is 65.6 Å². The Morgan fingerprint density at radius 1 is 1.15 bits per heavy atom. The predicted molar refractivity (Wildman–Crippen MR) is 115 cm³/mol. The second-order valence-corrected chi connectivity index (χ2v) is 7.93. The Bertz CT molecular complexity index is 622. The molecule has 0 radical (unpaired) electrons. The fourth-order valence-electron chi connectivity index (χ4n) is 3.73. The summed E-state index contributed by atoms with van der Waals surface area (Å²) in [5, 5.41) is 6.81. The molecule has 7 nitrogen and oxygen atoms in total. The molecule has 3 rings (SSSR count). The van der Waals surface area contributed by atoms with Crippen LogP contribution < -0.4 is 20.4 Å². The van der Waals surface area contributed by atoms with E-state index in [9.17, 15) is 0 Å². The molecule has 3 heterocycles. The molecular formula is C19H32N6OS. The molecule has 0 aliphatic carbocycles. The maximum Gasteiger partial charge on any atom is 0.232 e. The highest BCUT2D eigenvalue weighted by molar-refractivity contribution is 7.80. The molecule has 27 heavy (non-hydrogen) atoms. The van der Waals surface area contributed by atoms with Crippen LogP contribution in [0.2, 0.25) is 0 Å². The zero-order valence-electron chi connectivity index (χ0n) is 16.5. The van der Waals surface area contributed by atoms with E-state index >= 15 is 0 Å². The second-order valence-electron chi connectivity index (χ2n) is 7.52. The molecular weight excluding hydrogens is 360 g/mol. The highest BCUT2D eigenvalue weighted by Gasteiger charge is 2.21. The third-order valence-electron chi connectivity index (χ3n) is 5.18. The molecule has 0 amide bonds. The van der Waals surface area contributed by atoms with Crippen LogP contribution in [-0.2, 0) is 4.74 Å². The normalized spacial score (nSPS) is 20.4.